The number of hydrogen-bond acceptors (Lipinski definition) is 3. The summed E-state index contributed by atoms with van der Waals surface area (Å²) in [6.45, 7) is 11.5. The summed E-state index contributed by atoms with van der Waals surface area (Å²) in [5.41, 5.74) is 0.404. The summed E-state index contributed by atoms with van der Waals surface area (Å²) in [5.74, 6) is 2.68. The largest absolute Gasteiger partial charge is 0.462 e. The summed E-state index contributed by atoms with van der Waals surface area (Å²) in [4.78, 5) is 0. The third kappa shape index (κ3) is 4.64. The van der Waals surface area contributed by atoms with Crippen LogP contribution in [0.5, 0.6) is 0 Å². The molecule has 2 unspecified atom stereocenters. The van der Waals surface area contributed by atoms with Crippen molar-refractivity contribution in [3.63, 3.8) is 0 Å². The summed E-state index contributed by atoms with van der Waals surface area (Å²) < 4.78 is 11.8. The Hall–Kier alpha value is -0.800. The van der Waals surface area contributed by atoms with Gasteiger partial charge in [-0.15, -0.1) is 0 Å². The molecule has 2 atom stereocenters. The van der Waals surface area contributed by atoms with Gasteiger partial charge in [-0.3, -0.25) is 0 Å². The van der Waals surface area contributed by atoms with Crippen LogP contribution in [0.1, 0.15) is 58.5 Å². The SMILES string of the molecule is CCNCc1ccc(COC2CC(C)CC(C)(C)C2)o1. The van der Waals surface area contributed by atoms with E-state index in [-0.39, 0.29) is 0 Å². The molecule has 0 bridgehead atoms. The number of ether oxygens (including phenoxy) is 1. The van der Waals surface area contributed by atoms with Crippen LogP contribution in [-0.2, 0) is 17.9 Å². The summed E-state index contributed by atoms with van der Waals surface area (Å²) in [5, 5.41) is 3.27. The third-order valence-electron chi connectivity index (χ3n) is 4.07. The summed E-state index contributed by atoms with van der Waals surface area (Å²) in [7, 11) is 0. The van der Waals surface area contributed by atoms with Gasteiger partial charge in [-0.05, 0) is 49.3 Å². The van der Waals surface area contributed by atoms with Crippen molar-refractivity contribution < 1.29 is 9.15 Å². The van der Waals surface area contributed by atoms with E-state index in [4.69, 9.17) is 9.15 Å². The van der Waals surface area contributed by atoms with Gasteiger partial charge < -0.3 is 14.5 Å². The maximum absolute atomic E-state index is 6.08. The first kappa shape index (κ1) is 15.6. The maximum Gasteiger partial charge on any atom is 0.129 e. The van der Waals surface area contributed by atoms with Crippen LogP contribution in [0.25, 0.3) is 0 Å². The van der Waals surface area contributed by atoms with Crippen LogP contribution in [-0.4, -0.2) is 12.6 Å². The Morgan fingerprint density at radius 2 is 2.05 bits per heavy atom. The molecular weight excluding hydrogens is 250 g/mol. The molecule has 2 rings (SSSR count). The molecule has 1 aromatic heterocycles. The monoisotopic (exact) mass is 279 g/mol. The molecule has 0 radical (unpaired) electrons. The van der Waals surface area contributed by atoms with Crippen molar-refractivity contribution in [2.45, 2.75) is 66.2 Å². The molecule has 0 aromatic carbocycles. The van der Waals surface area contributed by atoms with Crippen molar-refractivity contribution in [3.8, 4) is 0 Å². The lowest BCUT2D eigenvalue weighted by Gasteiger charge is -2.38. The number of rotatable bonds is 6. The van der Waals surface area contributed by atoms with Crippen molar-refractivity contribution in [1.82, 2.24) is 5.32 Å². The Balaban J connectivity index is 1.81. The molecule has 1 fully saturated rings. The quantitative estimate of drug-likeness (QED) is 0.850. The molecule has 1 saturated carbocycles. The third-order valence-corrected chi connectivity index (χ3v) is 4.07. The second-order valence-electron chi connectivity index (χ2n) is 6.99. The first-order valence-corrected chi connectivity index (χ1v) is 7.88. The average Bonchev–Trinajstić information content (AvgIpc) is 2.79. The van der Waals surface area contributed by atoms with E-state index in [9.17, 15) is 0 Å². The first-order valence-electron chi connectivity index (χ1n) is 7.88. The van der Waals surface area contributed by atoms with Gasteiger partial charge in [-0.25, -0.2) is 0 Å². The van der Waals surface area contributed by atoms with E-state index >= 15 is 0 Å². The number of hydrogen-bond donors (Lipinski definition) is 1. The molecular formula is C17H29NO2. The Kier molecular flexibility index (Phi) is 5.28. The van der Waals surface area contributed by atoms with Gasteiger partial charge in [0.1, 0.15) is 18.1 Å². The Morgan fingerprint density at radius 1 is 1.30 bits per heavy atom. The van der Waals surface area contributed by atoms with Crippen LogP contribution in [0.15, 0.2) is 16.5 Å². The second-order valence-corrected chi connectivity index (χ2v) is 6.99. The summed E-state index contributed by atoms with van der Waals surface area (Å²) >= 11 is 0. The van der Waals surface area contributed by atoms with Gasteiger partial charge in [0.25, 0.3) is 0 Å². The van der Waals surface area contributed by atoms with Gasteiger partial charge in [0, 0.05) is 0 Å². The van der Waals surface area contributed by atoms with Crippen LogP contribution in [0.3, 0.4) is 0 Å². The lowest BCUT2D eigenvalue weighted by molar-refractivity contribution is -0.0370. The number of nitrogens with one attached hydrogen (secondary N) is 1. The van der Waals surface area contributed by atoms with E-state index in [2.05, 4.69) is 33.0 Å². The predicted octanol–water partition coefficient (Wildman–Crippen LogP) is 4.12. The average molecular weight is 279 g/mol. The molecule has 20 heavy (non-hydrogen) atoms. The highest BCUT2D eigenvalue weighted by Gasteiger charge is 2.32. The molecule has 0 saturated heterocycles. The molecule has 1 aromatic rings. The zero-order valence-corrected chi connectivity index (χ0v) is 13.4. The van der Waals surface area contributed by atoms with Crippen molar-refractivity contribution in [3.05, 3.63) is 23.7 Å². The van der Waals surface area contributed by atoms with E-state index in [0.717, 1.165) is 36.9 Å². The molecule has 3 nitrogen and oxygen atoms in total. The Bertz CT molecular complexity index is 411. The first-order chi connectivity index (χ1) is 9.48. The molecule has 1 heterocycles. The molecule has 0 aliphatic heterocycles. The minimum absolute atomic E-state index is 0.371. The van der Waals surface area contributed by atoms with Crippen LogP contribution in [0.2, 0.25) is 0 Å². The molecule has 114 valence electrons. The van der Waals surface area contributed by atoms with Crippen LogP contribution >= 0.6 is 0 Å². The highest BCUT2D eigenvalue weighted by Crippen LogP contribution is 2.39. The van der Waals surface area contributed by atoms with Gasteiger partial charge in [0.2, 0.25) is 0 Å². The zero-order chi connectivity index (χ0) is 14.6. The van der Waals surface area contributed by atoms with E-state index in [1.807, 2.05) is 12.1 Å². The van der Waals surface area contributed by atoms with Gasteiger partial charge in [0.15, 0.2) is 0 Å². The fourth-order valence-corrected chi connectivity index (χ4v) is 3.43. The fourth-order valence-electron chi connectivity index (χ4n) is 3.43. The molecule has 1 aliphatic rings. The van der Waals surface area contributed by atoms with Crippen LogP contribution in [0.4, 0.5) is 0 Å². The minimum atomic E-state index is 0.371. The van der Waals surface area contributed by atoms with Crippen LogP contribution in [0, 0.1) is 11.3 Å². The molecule has 0 amide bonds. The van der Waals surface area contributed by atoms with Crippen LogP contribution < -0.4 is 5.32 Å². The smallest absolute Gasteiger partial charge is 0.129 e. The lowest BCUT2D eigenvalue weighted by atomic mass is 9.71. The molecule has 0 spiro atoms. The van der Waals surface area contributed by atoms with Gasteiger partial charge >= 0.3 is 0 Å². The second kappa shape index (κ2) is 6.77. The van der Waals surface area contributed by atoms with Gasteiger partial charge in [0.05, 0.1) is 12.6 Å². The van der Waals surface area contributed by atoms with E-state index in [1.54, 1.807) is 0 Å². The van der Waals surface area contributed by atoms with Crippen molar-refractivity contribution in [1.29, 1.82) is 0 Å². The normalized spacial score (nSPS) is 25.8. The van der Waals surface area contributed by atoms with E-state index in [0.29, 0.717) is 18.1 Å². The standard InChI is InChI=1S/C17H29NO2/c1-5-18-11-14-6-7-15(20-14)12-19-16-8-13(2)9-17(3,4)10-16/h6-7,13,16,18H,5,8-12H2,1-4H3. The highest BCUT2D eigenvalue weighted by molar-refractivity contribution is 5.06. The molecule has 1 N–H and O–H groups in total. The van der Waals surface area contributed by atoms with Crippen molar-refractivity contribution in [2.24, 2.45) is 11.3 Å². The van der Waals surface area contributed by atoms with Crippen molar-refractivity contribution >= 4 is 0 Å². The predicted molar refractivity (Wildman–Crippen MR) is 81.5 cm³/mol. The molecule has 3 heteroatoms. The molecule has 1 aliphatic carbocycles. The van der Waals surface area contributed by atoms with E-state index < -0.39 is 0 Å². The fraction of sp³-hybridized carbons (Fsp3) is 0.765. The van der Waals surface area contributed by atoms with E-state index in [1.165, 1.54) is 12.8 Å². The van der Waals surface area contributed by atoms with Crippen molar-refractivity contribution in [2.75, 3.05) is 6.54 Å². The van der Waals surface area contributed by atoms with Gasteiger partial charge in [-0.2, -0.15) is 0 Å². The lowest BCUT2D eigenvalue weighted by Crippen LogP contribution is -2.32. The number of furan rings is 1. The van der Waals surface area contributed by atoms with Gasteiger partial charge in [-0.1, -0.05) is 27.7 Å². The Labute approximate surface area is 123 Å². The highest BCUT2D eigenvalue weighted by atomic mass is 16.5. The zero-order valence-electron chi connectivity index (χ0n) is 13.4. The maximum atomic E-state index is 6.08. The summed E-state index contributed by atoms with van der Waals surface area (Å²) in [6, 6.07) is 4.07. The Morgan fingerprint density at radius 3 is 2.75 bits per heavy atom. The summed E-state index contributed by atoms with van der Waals surface area (Å²) in [6.07, 6.45) is 4.01. The minimum Gasteiger partial charge on any atom is -0.462 e. The topological polar surface area (TPSA) is 34.4 Å².